The number of nitro benzene ring substituents is 1. The minimum absolute atomic E-state index is 0.0493. The molecule has 0 fully saturated rings. The monoisotopic (exact) mass is 350 g/mol. The highest BCUT2D eigenvalue weighted by atomic mass is 79.9. The first-order valence-corrected chi connectivity index (χ1v) is 7.16. The van der Waals surface area contributed by atoms with Crippen LogP contribution in [0.3, 0.4) is 0 Å². The molecule has 21 heavy (non-hydrogen) atoms. The van der Waals surface area contributed by atoms with Gasteiger partial charge in [-0.1, -0.05) is 12.1 Å². The van der Waals surface area contributed by atoms with Gasteiger partial charge < -0.3 is 10.1 Å². The summed E-state index contributed by atoms with van der Waals surface area (Å²) < 4.78 is 6.46. The number of ether oxygens (including phenoxy) is 1. The van der Waals surface area contributed by atoms with Crippen molar-refractivity contribution in [3.8, 4) is 11.5 Å². The fraction of sp³-hybridized carbons (Fsp3) is 0.200. The Morgan fingerprint density at radius 1 is 1.24 bits per heavy atom. The normalized spacial score (nSPS) is 10.4. The molecule has 0 aliphatic carbocycles. The maximum Gasteiger partial charge on any atom is 0.311 e. The Morgan fingerprint density at radius 3 is 2.62 bits per heavy atom. The van der Waals surface area contributed by atoms with Crippen LogP contribution in [-0.2, 0) is 6.54 Å². The van der Waals surface area contributed by atoms with Crippen molar-refractivity contribution in [1.82, 2.24) is 5.32 Å². The second-order valence-corrected chi connectivity index (χ2v) is 5.48. The third-order valence-corrected chi connectivity index (χ3v) is 3.53. The van der Waals surface area contributed by atoms with Gasteiger partial charge in [0.2, 0.25) is 5.75 Å². The molecule has 0 aliphatic rings. The van der Waals surface area contributed by atoms with Gasteiger partial charge in [-0.3, -0.25) is 10.1 Å². The van der Waals surface area contributed by atoms with E-state index in [0.717, 1.165) is 22.1 Å². The molecule has 0 saturated carbocycles. The van der Waals surface area contributed by atoms with E-state index in [4.69, 9.17) is 4.74 Å². The van der Waals surface area contributed by atoms with Gasteiger partial charge in [0.15, 0.2) is 0 Å². The van der Waals surface area contributed by atoms with Crippen molar-refractivity contribution >= 4 is 21.6 Å². The second kappa shape index (κ2) is 6.69. The maximum atomic E-state index is 11.1. The van der Waals surface area contributed by atoms with E-state index in [0.29, 0.717) is 5.75 Å². The molecule has 0 saturated heterocycles. The molecule has 0 bridgehead atoms. The van der Waals surface area contributed by atoms with E-state index in [1.165, 1.54) is 6.07 Å². The lowest BCUT2D eigenvalue weighted by Crippen LogP contribution is -2.04. The summed E-state index contributed by atoms with van der Waals surface area (Å²) in [5.41, 5.74) is 1.95. The number of halogens is 1. The molecule has 0 radical (unpaired) electrons. The van der Waals surface area contributed by atoms with Gasteiger partial charge in [0.25, 0.3) is 0 Å². The average molecular weight is 351 g/mol. The zero-order valence-corrected chi connectivity index (χ0v) is 13.3. The van der Waals surface area contributed by atoms with Gasteiger partial charge in [-0.05, 0) is 59.2 Å². The highest BCUT2D eigenvalue weighted by Crippen LogP contribution is 2.35. The van der Waals surface area contributed by atoms with Crippen LogP contribution in [0.5, 0.6) is 11.5 Å². The summed E-state index contributed by atoms with van der Waals surface area (Å²) in [7, 11) is 1.87. The Kier molecular flexibility index (Phi) is 4.93. The fourth-order valence-corrected chi connectivity index (χ4v) is 2.42. The van der Waals surface area contributed by atoms with Gasteiger partial charge >= 0.3 is 5.69 Å². The van der Waals surface area contributed by atoms with Gasteiger partial charge in [-0.2, -0.15) is 0 Å². The van der Waals surface area contributed by atoms with Crippen LogP contribution in [0, 0.1) is 17.0 Å². The van der Waals surface area contributed by atoms with Crippen LogP contribution in [0.2, 0.25) is 0 Å². The summed E-state index contributed by atoms with van der Waals surface area (Å²) in [4.78, 5) is 10.6. The van der Waals surface area contributed by atoms with E-state index < -0.39 is 4.92 Å². The molecule has 2 aromatic rings. The first kappa shape index (κ1) is 15.5. The molecule has 2 aromatic carbocycles. The molecule has 0 amide bonds. The summed E-state index contributed by atoms with van der Waals surface area (Å²) >= 11 is 3.43. The molecule has 0 unspecified atom stereocenters. The molecule has 110 valence electrons. The lowest BCUT2D eigenvalue weighted by Gasteiger charge is -2.10. The molecular weight excluding hydrogens is 336 g/mol. The highest BCUT2D eigenvalue weighted by Gasteiger charge is 2.16. The average Bonchev–Trinajstić information content (AvgIpc) is 2.42. The summed E-state index contributed by atoms with van der Waals surface area (Å²) in [6.07, 6.45) is 0. The number of rotatable bonds is 5. The Labute approximate surface area is 131 Å². The van der Waals surface area contributed by atoms with Crippen molar-refractivity contribution in [1.29, 1.82) is 0 Å². The zero-order valence-electron chi connectivity index (χ0n) is 11.7. The molecule has 0 aliphatic heterocycles. The number of aryl methyl sites for hydroxylation is 1. The van der Waals surface area contributed by atoms with Crippen LogP contribution < -0.4 is 10.1 Å². The molecule has 0 spiro atoms. The zero-order chi connectivity index (χ0) is 15.4. The molecule has 1 N–H and O–H groups in total. The molecular formula is C15H15BrN2O3. The van der Waals surface area contributed by atoms with E-state index >= 15 is 0 Å². The first-order valence-electron chi connectivity index (χ1n) is 6.37. The number of nitro groups is 1. The Hall–Kier alpha value is -1.92. The lowest BCUT2D eigenvalue weighted by atomic mass is 10.2. The van der Waals surface area contributed by atoms with Crippen LogP contribution in [0.1, 0.15) is 11.1 Å². The molecule has 6 heteroatoms. The molecule has 0 heterocycles. The first-order chi connectivity index (χ1) is 10.0. The number of nitrogens with one attached hydrogen (secondary N) is 1. The maximum absolute atomic E-state index is 11.1. The standard InChI is InChI=1S/C15H15BrN2O3/c1-10-3-5-13(18(19)20)15(7-10)21-14-6-4-11(9-17-2)8-12(14)16/h3-8,17H,9H2,1-2H3. The van der Waals surface area contributed by atoms with Crippen molar-refractivity contribution in [2.45, 2.75) is 13.5 Å². The third kappa shape index (κ3) is 3.80. The van der Waals surface area contributed by atoms with E-state index in [9.17, 15) is 10.1 Å². The van der Waals surface area contributed by atoms with Crippen molar-refractivity contribution in [2.24, 2.45) is 0 Å². The van der Waals surface area contributed by atoms with Crippen molar-refractivity contribution < 1.29 is 9.66 Å². The summed E-state index contributed by atoms with van der Waals surface area (Å²) in [6, 6.07) is 10.4. The lowest BCUT2D eigenvalue weighted by molar-refractivity contribution is -0.385. The van der Waals surface area contributed by atoms with Gasteiger partial charge in [0.05, 0.1) is 9.40 Å². The van der Waals surface area contributed by atoms with Gasteiger partial charge in [0, 0.05) is 12.6 Å². The highest BCUT2D eigenvalue weighted by molar-refractivity contribution is 9.10. The molecule has 5 nitrogen and oxygen atoms in total. The quantitative estimate of drug-likeness (QED) is 0.648. The molecule has 2 rings (SSSR count). The van der Waals surface area contributed by atoms with Crippen molar-refractivity contribution in [3.05, 3.63) is 62.1 Å². The summed E-state index contributed by atoms with van der Waals surface area (Å²) in [5, 5.41) is 14.1. The van der Waals surface area contributed by atoms with Crippen LogP contribution >= 0.6 is 15.9 Å². The van der Waals surface area contributed by atoms with E-state index in [1.54, 1.807) is 18.2 Å². The van der Waals surface area contributed by atoms with Gasteiger partial charge in [0.1, 0.15) is 5.75 Å². The minimum Gasteiger partial charge on any atom is -0.449 e. The van der Waals surface area contributed by atoms with E-state index in [-0.39, 0.29) is 11.4 Å². The Balaban J connectivity index is 2.34. The van der Waals surface area contributed by atoms with Crippen LogP contribution in [0.4, 0.5) is 5.69 Å². The van der Waals surface area contributed by atoms with Crippen molar-refractivity contribution in [2.75, 3.05) is 7.05 Å². The number of nitrogens with zero attached hydrogens (tertiary/aromatic N) is 1. The Bertz CT molecular complexity index is 674. The largest absolute Gasteiger partial charge is 0.449 e. The smallest absolute Gasteiger partial charge is 0.311 e. The van der Waals surface area contributed by atoms with Crippen molar-refractivity contribution in [3.63, 3.8) is 0 Å². The number of hydrogen-bond donors (Lipinski definition) is 1. The molecule has 0 atom stereocenters. The SMILES string of the molecule is CNCc1ccc(Oc2cc(C)ccc2[N+](=O)[O-])c(Br)c1. The topological polar surface area (TPSA) is 64.4 Å². The predicted octanol–water partition coefficient (Wildman–Crippen LogP) is 4.18. The van der Waals surface area contributed by atoms with Crippen LogP contribution in [0.25, 0.3) is 0 Å². The number of benzene rings is 2. The molecule has 0 aromatic heterocycles. The van der Waals surface area contributed by atoms with E-state index in [2.05, 4.69) is 21.2 Å². The minimum atomic E-state index is -0.446. The predicted molar refractivity (Wildman–Crippen MR) is 84.8 cm³/mol. The number of hydrogen-bond acceptors (Lipinski definition) is 4. The van der Waals surface area contributed by atoms with Crippen LogP contribution in [-0.4, -0.2) is 12.0 Å². The van der Waals surface area contributed by atoms with Crippen LogP contribution in [0.15, 0.2) is 40.9 Å². The van der Waals surface area contributed by atoms with Gasteiger partial charge in [-0.15, -0.1) is 0 Å². The summed E-state index contributed by atoms with van der Waals surface area (Å²) in [5.74, 6) is 0.783. The van der Waals surface area contributed by atoms with E-state index in [1.807, 2.05) is 26.1 Å². The summed E-state index contributed by atoms with van der Waals surface area (Å²) in [6.45, 7) is 2.60. The Morgan fingerprint density at radius 2 is 2.00 bits per heavy atom. The second-order valence-electron chi connectivity index (χ2n) is 4.63. The fourth-order valence-electron chi connectivity index (χ4n) is 1.91. The van der Waals surface area contributed by atoms with Gasteiger partial charge in [-0.25, -0.2) is 0 Å². The third-order valence-electron chi connectivity index (χ3n) is 2.91.